The molecule has 184 valence electrons. The molecule has 1 aliphatic rings. The molecule has 0 saturated carbocycles. The van der Waals surface area contributed by atoms with Gasteiger partial charge in [-0.3, -0.25) is 14.6 Å². The van der Waals surface area contributed by atoms with E-state index in [1.54, 1.807) is 18.6 Å². The van der Waals surface area contributed by atoms with Gasteiger partial charge in [0.2, 0.25) is 0 Å². The number of aliphatic carboxylic acids is 1. The monoisotopic (exact) mass is 485 g/mol. The zero-order valence-electron chi connectivity index (χ0n) is 19.9. The second-order valence-corrected chi connectivity index (χ2v) is 9.24. The maximum atomic E-state index is 12.3. The zero-order chi connectivity index (χ0) is 25.2. The SMILES string of the molecule is C[C@H]1CCCCN1c1c(NC(Cc2ccc(Nc3nccc4ccncc34)cc2)C(=O)O)c(=O)c1=O. The van der Waals surface area contributed by atoms with Gasteiger partial charge in [-0.2, -0.15) is 0 Å². The average Bonchev–Trinajstić information content (AvgIpc) is 2.89. The van der Waals surface area contributed by atoms with Gasteiger partial charge >= 0.3 is 5.97 Å². The number of hydrogen-bond acceptors (Lipinski definition) is 8. The van der Waals surface area contributed by atoms with Crippen LogP contribution in [0.2, 0.25) is 0 Å². The maximum Gasteiger partial charge on any atom is 0.326 e. The largest absolute Gasteiger partial charge is 0.480 e. The number of nitrogens with one attached hydrogen (secondary N) is 2. The van der Waals surface area contributed by atoms with Crippen molar-refractivity contribution in [3.05, 3.63) is 81.0 Å². The summed E-state index contributed by atoms with van der Waals surface area (Å²) in [5, 5.41) is 17.9. The normalized spacial score (nSPS) is 16.7. The quantitative estimate of drug-likeness (QED) is 0.322. The van der Waals surface area contributed by atoms with Crippen molar-refractivity contribution < 1.29 is 9.90 Å². The van der Waals surface area contributed by atoms with Crippen molar-refractivity contribution in [3.63, 3.8) is 0 Å². The number of carboxylic acid groups (broad SMARTS) is 1. The first-order valence-electron chi connectivity index (χ1n) is 12.1. The number of aromatic nitrogens is 2. The lowest BCUT2D eigenvalue weighted by atomic mass is 9.99. The third-order valence-electron chi connectivity index (χ3n) is 6.82. The van der Waals surface area contributed by atoms with Crippen molar-refractivity contribution in [2.45, 2.75) is 44.7 Å². The highest BCUT2D eigenvalue weighted by molar-refractivity contribution is 5.92. The lowest BCUT2D eigenvalue weighted by Crippen LogP contribution is -2.49. The molecule has 0 spiro atoms. The van der Waals surface area contributed by atoms with Gasteiger partial charge in [-0.25, -0.2) is 9.78 Å². The predicted octanol–water partition coefficient (Wildman–Crippen LogP) is 3.46. The van der Waals surface area contributed by atoms with Crippen molar-refractivity contribution in [1.82, 2.24) is 9.97 Å². The van der Waals surface area contributed by atoms with Gasteiger partial charge in [0, 0.05) is 48.7 Å². The van der Waals surface area contributed by atoms with Gasteiger partial charge in [0.1, 0.15) is 23.2 Å². The Kier molecular flexibility index (Phi) is 6.37. The number of carbonyl (C=O) groups is 1. The molecule has 9 heteroatoms. The molecular formula is C27H27N5O4. The summed E-state index contributed by atoms with van der Waals surface area (Å²) in [7, 11) is 0. The van der Waals surface area contributed by atoms with E-state index in [2.05, 4.69) is 20.6 Å². The molecule has 4 aromatic rings. The second kappa shape index (κ2) is 9.77. The summed E-state index contributed by atoms with van der Waals surface area (Å²) >= 11 is 0. The molecule has 2 atom stereocenters. The van der Waals surface area contributed by atoms with E-state index in [0.717, 1.165) is 41.3 Å². The minimum absolute atomic E-state index is 0.120. The maximum absolute atomic E-state index is 12.3. The Labute approximate surface area is 207 Å². The summed E-state index contributed by atoms with van der Waals surface area (Å²) in [5.74, 6) is -0.409. The highest BCUT2D eigenvalue weighted by atomic mass is 16.4. The minimum Gasteiger partial charge on any atom is -0.480 e. The fourth-order valence-corrected chi connectivity index (χ4v) is 4.80. The summed E-state index contributed by atoms with van der Waals surface area (Å²) in [4.78, 5) is 47.2. The van der Waals surface area contributed by atoms with E-state index in [-0.39, 0.29) is 18.2 Å². The first-order chi connectivity index (χ1) is 17.4. The van der Waals surface area contributed by atoms with Gasteiger partial charge in [0.05, 0.1) is 0 Å². The Balaban J connectivity index is 1.31. The van der Waals surface area contributed by atoms with Crippen LogP contribution in [0.25, 0.3) is 10.8 Å². The van der Waals surface area contributed by atoms with E-state index in [4.69, 9.17) is 0 Å². The lowest BCUT2D eigenvalue weighted by molar-refractivity contribution is -0.137. The first-order valence-corrected chi connectivity index (χ1v) is 12.1. The third-order valence-corrected chi connectivity index (χ3v) is 6.82. The average molecular weight is 486 g/mol. The summed E-state index contributed by atoms with van der Waals surface area (Å²) in [6.07, 6.45) is 8.31. The fraction of sp³-hybridized carbons (Fsp3) is 0.296. The molecule has 1 saturated heterocycles. The molecule has 2 aromatic heterocycles. The minimum atomic E-state index is -1.09. The molecule has 3 heterocycles. The van der Waals surface area contributed by atoms with Gasteiger partial charge in [-0.1, -0.05) is 12.1 Å². The Morgan fingerprint density at radius 2 is 1.89 bits per heavy atom. The molecule has 5 rings (SSSR count). The van der Waals surface area contributed by atoms with E-state index in [1.807, 2.05) is 48.2 Å². The molecule has 1 fully saturated rings. The molecular weight excluding hydrogens is 458 g/mol. The number of pyridine rings is 2. The topological polar surface area (TPSA) is 125 Å². The lowest BCUT2D eigenvalue weighted by Gasteiger charge is -2.37. The van der Waals surface area contributed by atoms with Crippen LogP contribution in [0.4, 0.5) is 22.9 Å². The Bertz CT molecular complexity index is 1470. The number of fused-ring (bicyclic) bond motifs is 1. The van der Waals surface area contributed by atoms with Crippen LogP contribution < -0.4 is 26.4 Å². The summed E-state index contributed by atoms with van der Waals surface area (Å²) < 4.78 is 0. The van der Waals surface area contributed by atoms with Crippen molar-refractivity contribution in [1.29, 1.82) is 0 Å². The Hall–Kier alpha value is -4.27. The molecule has 1 aliphatic heterocycles. The summed E-state index contributed by atoms with van der Waals surface area (Å²) in [6.45, 7) is 2.71. The van der Waals surface area contributed by atoms with E-state index in [9.17, 15) is 19.5 Å². The molecule has 0 aliphatic carbocycles. The predicted molar refractivity (Wildman–Crippen MR) is 140 cm³/mol. The first kappa shape index (κ1) is 23.5. The molecule has 0 bridgehead atoms. The summed E-state index contributed by atoms with van der Waals surface area (Å²) in [6, 6.07) is 10.3. The Morgan fingerprint density at radius 1 is 1.11 bits per heavy atom. The van der Waals surface area contributed by atoms with Crippen LogP contribution in [-0.2, 0) is 11.2 Å². The van der Waals surface area contributed by atoms with Crippen molar-refractivity contribution in [3.8, 4) is 0 Å². The van der Waals surface area contributed by atoms with Gasteiger partial charge in [0.15, 0.2) is 0 Å². The number of hydrogen-bond donors (Lipinski definition) is 3. The van der Waals surface area contributed by atoms with Crippen molar-refractivity contribution >= 4 is 39.6 Å². The smallest absolute Gasteiger partial charge is 0.326 e. The highest BCUT2D eigenvalue weighted by Gasteiger charge is 2.32. The molecule has 3 N–H and O–H groups in total. The van der Waals surface area contributed by atoms with E-state index in [1.165, 1.54) is 0 Å². The number of carboxylic acids is 1. The molecule has 1 unspecified atom stereocenters. The summed E-state index contributed by atoms with van der Waals surface area (Å²) in [5.41, 5.74) is 0.838. The number of piperidine rings is 1. The highest BCUT2D eigenvalue weighted by Crippen LogP contribution is 2.29. The van der Waals surface area contributed by atoms with Crippen molar-refractivity contribution in [2.24, 2.45) is 0 Å². The number of rotatable bonds is 8. The molecule has 0 radical (unpaired) electrons. The molecule has 0 amide bonds. The molecule has 2 aromatic carbocycles. The van der Waals surface area contributed by atoms with E-state index >= 15 is 0 Å². The zero-order valence-corrected chi connectivity index (χ0v) is 19.9. The van der Waals surface area contributed by atoms with Crippen LogP contribution in [-0.4, -0.2) is 39.7 Å². The Morgan fingerprint density at radius 3 is 2.64 bits per heavy atom. The van der Waals surface area contributed by atoms with Gasteiger partial charge in [-0.15, -0.1) is 0 Å². The number of benzene rings is 1. The van der Waals surface area contributed by atoms with Gasteiger partial charge in [0.25, 0.3) is 10.9 Å². The van der Waals surface area contributed by atoms with Crippen LogP contribution in [0.5, 0.6) is 0 Å². The van der Waals surface area contributed by atoms with E-state index in [0.29, 0.717) is 18.1 Å². The van der Waals surface area contributed by atoms with Crippen LogP contribution in [0, 0.1) is 0 Å². The number of anilines is 4. The third kappa shape index (κ3) is 4.51. The van der Waals surface area contributed by atoms with Crippen LogP contribution >= 0.6 is 0 Å². The van der Waals surface area contributed by atoms with Gasteiger partial charge in [-0.05, 0) is 61.4 Å². The van der Waals surface area contributed by atoms with Crippen molar-refractivity contribution in [2.75, 3.05) is 22.1 Å². The standard InChI is InChI=1S/C27H27N5O4/c1-16-4-2-3-13-32(16)23-22(24(33)25(23)34)31-21(27(35)36)14-17-5-7-19(8-6-17)30-26-20-15-28-11-9-18(20)10-12-29-26/h5-12,15-16,21,31H,2-4,13-14H2,1H3,(H,29,30)(H,35,36)/t16-,21?/m0/s1. The molecule has 9 nitrogen and oxygen atoms in total. The van der Waals surface area contributed by atoms with Crippen LogP contribution in [0.1, 0.15) is 31.7 Å². The van der Waals surface area contributed by atoms with E-state index < -0.39 is 22.9 Å². The van der Waals surface area contributed by atoms with Crippen LogP contribution in [0.15, 0.2) is 64.6 Å². The van der Waals surface area contributed by atoms with Gasteiger partial charge < -0.3 is 20.6 Å². The molecule has 36 heavy (non-hydrogen) atoms. The fourth-order valence-electron chi connectivity index (χ4n) is 4.80. The van der Waals surface area contributed by atoms with Crippen LogP contribution in [0.3, 0.4) is 0 Å². The second-order valence-electron chi connectivity index (χ2n) is 9.24. The number of nitrogens with zero attached hydrogens (tertiary/aromatic N) is 3.